The summed E-state index contributed by atoms with van der Waals surface area (Å²) in [5.74, 6) is 1.50. The normalized spacial score (nSPS) is 11.9. The van der Waals surface area contributed by atoms with Crippen LogP contribution in [0.3, 0.4) is 0 Å². The monoisotopic (exact) mass is 470 g/mol. The van der Waals surface area contributed by atoms with Gasteiger partial charge in [0.25, 0.3) is 11.8 Å². The van der Waals surface area contributed by atoms with E-state index in [-0.39, 0.29) is 5.89 Å². The Hall–Kier alpha value is -5.24. The Labute approximate surface area is 201 Å². The maximum atomic E-state index is 6.16. The largest absolute Gasteiger partial charge is 0.436 e. The van der Waals surface area contributed by atoms with Crippen LogP contribution in [-0.4, -0.2) is 19.9 Å². The fraction of sp³-hybridized carbons (Fsp3) is 0. The van der Waals surface area contributed by atoms with Gasteiger partial charge in [0, 0.05) is 0 Å². The van der Waals surface area contributed by atoms with Gasteiger partial charge in [0.2, 0.25) is 11.8 Å². The third-order valence-corrected chi connectivity index (χ3v) is 6.07. The predicted molar refractivity (Wildman–Crippen MR) is 133 cm³/mol. The Morgan fingerprint density at radius 2 is 0.778 bits per heavy atom. The highest BCUT2D eigenvalue weighted by Gasteiger charge is 2.21. The fourth-order valence-electron chi connectivity index (χ4n) is 4.40. The van der Waals surface area contributed by atoms with Gasteiger partial charge in [0.15, 0.2) is 22.3 Å². The second-order valence-corrected chi connectivity index (χ2v) is 8.32. The Morgan fingerprint density at radius 1 is 0.361 bits per heavy atom. The standard InChI is InChI=1S/C28H14N4O4/c1-3-11-19-17(9-1)29-25(33-19)15-7-5-13-21-23(15)31-26(35-21)16-8-6-14-22-24(16)32-28(36-22)27-30-18-10-2-4-12-20(18)34-27/h1-14H. The Morgan fingerprint density at radius 3 is 1.42 bits per heavy atom. The molecule has 4 aromatic heterocycles. The molecule has 8 nitrogen and oxygen atoms in total. The van der Waals surface area contributed by atoms with E-state index in [0.717, 1.165) is 16.6 Å². The molecule has 0 saturated carbocycles. The number of aromatic nitrogens is 4. The average molecular weight is 470 g/mol. The van der Waals surface area contributed by atoms with Gasteiger partial charge in [0.05, 0.1) is 11.1 Å². The summed E-state index contributed by atoms with van der Waals surface area (Å²) in [7, 11) is 0. The van der Waals surface area contributed by atoms with Crippen LogP contribution >= 0.6 is 0 Å². The molecule has 0 aliphatic carbocycles. The summed E-state index contributed by atoms with van der Waals surface area (Å²) < 4.78 is 24.0. The lowest BCUT2D eigenvalue weighted by Gasteiger charge is -1.95. The van der Waals surface area contributed by atoms with Crippen LogP contribution in [-0.2, 0) is 0 Å². The highest BCUT2D eigenvalue weighted by Crippen LogP contribution is 2.36. The number of nitrogens with zero attached hydrogens (tertiary/aromatic N) is 4. The molecule has 0 amide bonds. The van der Waals surface area contributed by atoms with Gasteiger partial charge in [0.1, 0.15) is 22.1 Å². The van der Waals surface area contributed by atoms with E-state index in [1.807, 2.05) is 84.9 Å². The van der Waals surface area contributed by atoms with Crippen LogP contribution in [0.15, 0.2) is 103 Å². The highest BCUT2D eigenvalue weighted by molar-refractivity contribution is 5.95. The summed E-state index contributed by atoms with van der Waals surface area (Å²) in [4.78, 5) is 18.6. The van der Waals surface area contributed by atoms with Crippen molar-refractivity contribution in [2.45, 2.75) is 0 Å². The number of oxazole rings is 4. The van der Waals surface area contributed by atoms with E-state index in [2.05, 4.69) is 15.0 Å². The van der Waals surface area contributed by atoms with Crippen LogP contribution in [0, 0.1) is 0 Å². The molecule has 4 heterocycles. The van der Waals surface area contributed by atoms with Gasteiger partial charge < -0.3 is 17.7 Å². The van der Waals surface area contributed by atoms with Crippen molar-refractivity contribution in [1.29, 1.82) is 0 Å². The van der Waals surface area contributed by atoms with E-state index in [1.165, 1.54) is 0 Å². The third-order valence-electron chi connectivity index (χ3n) is 6.07. The molecule has 0 radical (unpaired) electrons. The Bertz CT molecular complexity index is 2010. The molecule has 0 spiro atoms. The van der Waals surface area contributed by atoms with E-state index in [4.69, 9.17) is 22.7 Å². The minimum Gasteiger partial charge on any atom is -0.436 e. The smallest absolute Gasteiger partial charge is 0.284 e. The van der Waals surface area contributed by atoms with Crippen molar-refractivity contribution in [3.63, 3.8) is 0 Å². The van der Waals surface area contributed by atoms with Crippen molar-refractivity contribution in [3.05, 3.63) is 84.9 Å². The molecule has 8 rings (SSSR count). The zero-order valence-corrected chi connectivity index (χ0v) is 18.5. The zero-order chi connectivity index (χ0) is 23.6. The average Bonchev–Trinajstić information content (AvgIpc) is 3.70. The van der Waals surface area contributed by atoms with Crippen LogP contribution in [0.1, 0.15) is 0 Å². The highest BCUT2D eigenvalue weighted by atomic mass is 16.4. The second kappa shape index (κ2) is 7.13. The molecule has 0 bridgehead atoms. The summed E-state index contributed by atoms with van der Waals surface area (Å²) in [6.07, 6.45) is 0. The molecule has 0 unspecified atom stereocenters. The molecule has 170 valence electrons. The van der Waals surface area contributed by atoms with Crippen molar-refractivity contribution >= 4 is 44.4 Å². The van der Waals surface area contributed by atoms with Gasteiger partial charge >= 0.3 is 0 Å². The predicted octanol–water partition coefficient (Wildman–Crippen LogP) is 7.25. The van der Waals surface area contributed by atoms with Crippen molar-refractivity contribution < 1.29 is 17.7 Å². The minimum absolute atomic E-state index is 0.289. The summed E-state index contributed by atoms with van der Waals surface area (Å²) in [6, 6.07) is 26.5. The molecule has 0 aliphatic rings. The van der Waals surface area contributed by atoms with Gasteiger partial charge in [-0.25, -0.2) is 19.9 Å². The lowest BCUT2D eigenvalue weighted by molar-refractivity contribution is 0.550. The fourth-order valence-corrected chi connectivity index (χ4v) is 4.40. The molecule has 36 heavy (non-hydrogen) atoms. The molecule has 0 saturated heterocycles. The van der Waals surface area contributed by atoms with Crippen LogP contribution < -0.4 is 0 Å². The van der Waals surface area contributed by atoms with Crippen molar-refractivity contribution in [2.75, 3.05) is 0 Å². The molecule has 0 fully saturated rings. The van der Waals surface area contributed by atoms with Gasteiger partial charge in [-0.15, -0.1) is 0 Å². The molecule has 0 aliphatic heterocycles. The summed E-state index contributed by atoms with van der Waals surface area (Å²) >= 11 is 0. The van der Waals surface area contributed by atoms with Crippen LogP contribution in [0.5, 0.6) is 0 Å². The number of benzene rings is 4. The van der Waals surface area contributed by atoms with Crippen molar-refractivity contribution in [2.24, 2.45) is 0 Å². The molecule has 0 N–H and O–H groups in total. The van der Waals surface area contributed by atoms with Crippen LogP contribution in [0.25, 0.3) is 79.1 Å². The number of para-hydroxylation sites is 6. The Kier molecular flexibility index (Phi) is 3.78. The minimum atomic E-state index is 0.289. The molecule has 8 heteroatoms. The lowest BCUT2D eigenvalue weighted by Crippen LogP contribution is -1.82. The molecular formula is C28H14N4O4. The third kappa shape index (κ3) is 2.81. The van der Waals surface area contributed by atoms with E-state index < -0.39 is 0 Å². The van der Waals surface area contributed by atoms with E-state index in [1.54, 1.807) is 0 Å². The zero-order valence-electron chi connectivity index (χ0n) is 18.5. The van der Waals surface area contributed by atoms with Crippen LogP contribution in [0.2, 0.25) is 0 Å². The summed E-state index contributed by atoms with van der Waals surface area (Å²) in [5.41, 5.74) is 6.79. The summed E-state index contributed by atoms with van der Waals surface area (Å²) in [5, 5.41) is 0. The first-order valence-corrected chi connectivity index (χ1v) is 11.3. The summed E-state index contributed by atoms with van der Waals surface area (Å²) in [6.45, 7) is 0. The number of hydrogen-bond acceptors (Lipinski definition) is 8. The number of hydrogen-bond donors (Lipinski definition) is 0. The van der Waals surface area contributed by atoms with Crippen molar-refractivity contribution in [3.8, 4) is 34.7 Å². The Balaban J connectivity index is 1.28. The van der Waals surface area contributed by atoms with E-state index in [0.29, 0.717) is 56.6 Å². The molecule has 0 atom stereocenters. The van der Waals surface area contributed by atoms with Gasteiger partial charge in [-0.2, -0.15) is 0 Å². The number of rotatable bonds is 3. The number of fused-ring (bicyclic) bond motifs is 4. The maximum Gasteiger partial charge on any atom is 0.284 e. The van der Waals surface area contributed by atoms with Gasteiger partial charge in [-0.1, -0.05) is 36.4 Å². The first-order valence-electron chi connectivity index (χ1n) is 11.3. The first kappa shape index (κ1) is 19.1. The second-order valence-electron chi connectivity index (χ2n) is 8.32. The topological polar surface area (TPSA) is 104 Å². The van der Waals surface area contributed by atoms with Crippen molar-refractivity contribution in [1.82, 2.24) is 19.9 Å². The van der Waals surface area contributed by atoms with E-state index in [9.17, 15) is 0 Å². The van der Waals surface area contributed by atoms with E-state index >= 15 is 0 Å². The lowest BCUT2D eigenvalue weighted by atomic mass is 10.2. The molecule has 8 aromatic rings. The van der Waals surface area contributed by atoms with Gasteiger partial charge in [-0.3, -0.25) is 0 Å². The maximum absolute atomic E-state index is 6.16. The quantitative estimate of drug-likeness (QED) is 0.266. The van der Waals surface area contributed by atoms with Crippen LogP contribution in [0.4, 0.5) is 0 Å². The molecule has 4 aromatic carbocycles. The molecular weight excluding hydrogens is 456 g/mol. The SMILES string of the molecule is c1ccc2oc(-c3nc4c(-c5nc6c(-c7nc8ccccc8o7)cccc6o5)cccc4o3)nc2c1. The van der Waals surface area contributed by atoms with Gasteiger partial charge in [-0.05, 0) is 48.5 Å². The first-order chi connectivity index (χ1) is 17.8.